The van der Waals surface area contributed by atoms with E-state index in [4.69, 9.17) is 9.47 Å². The maximum absolute atomic E-state index is 12.0. The molecule has 2 aromatic heterocycles. The highest BCUT2D eigenvalue weighted by Gasteiger charge is 2.16. The second kappa shape index (κ2) is 9.24. The summed E-state index contributed by atoms with van der Waals surface area (Å²) in [7, 11) is 1.32. The van der Waals surface area contributed by atoms with E-state index in [-0.39, 0.29) is 6.54 Å². The second-order valence-corrected chi connectivity index (χ2v) is 7.47. The first kappa shape index (κ1) is 21.8. The number of anilines is 1. The van der Waals surface area contributed by atoms with Crippen molar-refractivity contribution in [2.24, 2.45) is 0 Å². The normalized spacial score (nSPS) is 11.0. The van der Waals surface area contributed by atoms with E-state index in [2.05, 4.69) is 25.1 Å². The fraction of sp³-hybridized carbons (Fsp3) is 0.286. The van der Waals surface area contributed by atoms with E-state index in [0.29, 0.717) is 28.7 Å². The molecule has 0 spiro atoms. The predicted molar refractivity (Wildman–Crippen MR) is 112 cm³/mol. The summed E-state index contributed by atoms with van der Waals surface area (Å²) in [6, 6.07) is 10.2. The molecule has 0 aliphatic carbocycles. The average Bonchev–Trinajstić information content (AvgIpc) is 3.15. The number of esters is 1. The lowest BCUT2D eigenvalue weighted by Gasteiger charge is -2.19. The van der Waals surface area contributed by atoms with Crippen molar-refractivity contribution < 1.29 is 23.8 Å². The molecular formula is C21H23N5O5. The fourth-order valence-corrected chi connectivity index (χ4v) is 2.50. The van der Waals surface area contributed by atoms with Crippen LogP contribution in [0.3, 0.4) is 0 Å². The van der Waals surface area contributed by atoms with Crippen LogP contribution in [-0.2, 0) is 20.8 Å². The molecule has 0 unspecified atom stereocenters. The number of carbonyl (C=O) groups excluding carboxylic acids is 2. The molecule has 3 rings (SSSR count). The minimum absolute atomic E-state index is 0.00236. The molecule has 0 fully saturated rings. The molecule has 1 amide bonds. The predicted octanol–water partition coefficient (Wildman–Crippen LogP) is 3.65. The van der Waals surface area contributed by atoms with Crippen LogP contribution in [0.1, 0.15) is 20.8 Å². The van der Waals surface area contributed by atoms with E-state index in [1.54, 1.807) is 63.4 Å². The van der Waals surface area contributed by atoms with E-state index in [1.807, 2.05) is 0 Å². The molecular weight excluding hydrogens is 402 g/mol. The van der Waals surface area contributed by atoms with Gasteiger partial charge in [-0.25, -0.2) is 14.8 Å². The molecule has 2 heterocycles. The van der Waals surface area contributed by atoms with Crippen LogP contribution in [0, 0.1) is 0 Å². The number of nitrogens with zero attached hydrogens (tertiary/aromatic N) is 4. The zero-order chi connectivity index (χ0) is 22.4. The first-order valence-corrected chi connectivity index (χ1v) is 9.42. The molecule has 10 nitrogen and oxygen atoms in total. The number of ether oxygens (including phenoxy) is 3. The van der Waals surface area contributed by atoms with Crippen molar-refractivity contribution in [2.75, 3.05) is 12.4 Å². The van der Waals surface area contributed by atoms with Gasteiger partial charge < -0.3 is 14.2 Å². The van der Waals surface area contributed by atoms with Crippen LogP contribution in [0.5, 0.6) is 11.6 Å². The summed E-state index contributed by atoms with van der Waals surface area (Å²) in [5, 5.41) is 6.96. The standard InChI is InChI=1S/C21H23N5O5/c1-21(2,3)31-20(28)24-14-6-5-7-15(10-14)30-18-11-17(22-13-23-18)16-8-9-26(25-16)12-19(27)29-4/h5-11,13H,12H2,1-4H3,(H,24,28). The van der Waals surface area contributed by atoms with Gasteiger partial charge in [-0.05, 0) is 39.0 Å². The third-order valence-corrected chi connectivity index (χ3v) is 3.77. The van der Waals surface area contributed by atoms with Gasteiger partial charge in [-0.2, -0.15) is 5.10 Å². The van der Waals surface area contributed by atoms with Crippen LogP contribution >= 0.6 is 0 Å². The largest absolute Gasteiger partial charge is 0.468 e. The summed E-state index contributed by atoms with van der Waals surface area (Å²) in [4.78, 5) is 31.7. The topological polar surface area (TPSA) is 117 Å². The van der Waals surface area contributed by atoms with E-state index in [9.17, 15) is 9.59 Å². The zero-order valence-electron chi connectivity index (χ0n) is 17.7. The Balaban J connectivity index is 1.70. The van der Waals surface area contributed by atoms with Crippen LogP contribution in [0.4, 0.5) is 10.5 Å². The van der Waals surface area contributed by atoms with E-state index in [0.717, 1.165) is 0 Å². The van der Waals surface area contributed by atoms with Crippen molar-refractivity contribution >= 4 is 17.7 Å². The van der Waals surface area contributed by atoms with Crippen molar-refractivity contribution in [1.82, 2.24) is 19.7 Å². The fourth-order valence-electron chi connectivity index (χ4n) is 2.50. The van der Waals surface area contributed by atoms with Gasteiger partial charge in [-0.15, -0.1) is 0 Å². The molecule has 31 heavy (non-hydrogen) atoms. The highest BCUT2D eigenvalue weighted by atomic mass is 16.6. The molecule has 0 aliphatic rings. The third kappa shape index (κ3) is 6.53. The average molecular weight is 425 g/mol. The van der Waals surface area contributed by atoms with Crippen LogP contribution in [0.25, 0.3) is 11.4 Å². The number of nitrogens with one attached hydrogen (secondary N) is 1. The quantitative estimate of drug-likeness (QED) is 0.595. The molecule has 0 bridgehead atoms. The third-order valence-electron chi connectivity index (χ3n) is 3.77. The second-order valence-electron chi connectivity index (χ2n) is 7.47. The molecule has 0 radical (unpaired) electrons. The van der Waals surface area contributed by atoms with Crippen LogP contribution in [0.15, 0.2) is 48.9 Å². The van der Waals surface area contributed by atoms with E-state index < -0.39 is 17.7 Å². The summed E-state index contributed by atoms with van der Waals surface area (Å²) in [5.41, 5.74) is 0.995. The smallest absolute Gasteiger partial charge is 0.412 e. The first-order valence-electron chi connectivity index (χ1n) is 9.42. The Hall–Kier alpha value is -3.95. The van der Waals surface area contributed by atoms with Gasteiger partial charge in [-0.1, -0.05) is 6.07 Å². The van der Waals surface area contributed by atoms with Gasteiger partial charge in [0.2, 0.25) is 5.88 Å². The number of rotatable bonds is 6. The van der Waals surface area contributed by atoms with Gasteiger partial charge in [-0.3, -0.25) is 14.8 Å². The summed E-state index contributed by atoms with van der Waals surface area (Å²) < 4.78 is 17.1. The molecule has 0 aliphatic heterocycles. The number of hydrogen-bond acceptors (Lipinski definition) is 8. The summed E-state index contributed by atoms with van der Waals surface area (Å²) >= 11 is 0. The van der Waals surface area contributed by atoms with Crippen molar-refractivity contribution in [1.29, 1.82) is 0 Å². The molecule has 1 N–H and O–H groups in total. The Bertz CT molecular complexity index is 1070. The summed E-state index contributed by atoms with van der Waals surface area (Å²) in [5.74, 6) is 0.359. The van der Waals surface area contributed by atoms with Crippen molar-refractivity contribution in [2.45, 2.75) is 32.9 Å². The molecule has 162 valence electrons. The monoisotopic (exact) mass is 425 g/mol. The maximum Gasteiger partial charge on any atom is 0.412 e. The molecule has 0 saturated heterocycles. The number of aromatic nitrogens is 4. The minimum atomic E-state index is -0.598. The number of benzene rings is 1. The number of amides is 1. The Morgan fingerprint density at radius 3 is 2.65 bits per heavy atom. The Morgan fingerprint density at radius 2 is 1.90 bits per heavy atom. The lowest BCUT2D eigenvalue weighted by Crippen LogP contribution is -2.27. The first-order chi connectivity index (χ1) is 14.7. The highest BCUT2D eigenvalue weighted by Crippen LogP contribution is 2.25. The van der Waals surface area contributed by atoms with Gasteiger partial charge in [0.25, 0.3) is 0 Å². The van der Waals surface area contributed by atoms with E-state index in [1.165, 1.54) is 18.1 Å². The van der Waals surface area contributed by atoms with Crippen molar-refractivity contribution in [3.63, 3.8) is 0 Å². The van der Waals surface area contributed by atoms with Gasteiger partial charge in [0, 0.05) is 24.0 Å². The Kier molecular flexibility index (Phi) is 6.49. The maximum atomic E-state index is 12.0. The van der Waals surface area contributed by atoms with Crippen LogP contribution < -0.4 is 10.1 Å². The molecule has 0 saturated carbocycles. The Labute approximate surface area is 179 Å². The summed E-state index contributed by atoms with van der Waals surface area (Å²) in [6.45, 7) is 5.37. The number of carbonyl (C=O) groups is 2. The summed E-state index contributed by atoms with van der Waals surface area (Å²) in [6.07, 6.45) is 2.45. The zero-order valence-corrected chi connectivity index (χ0v) is 17.7. The minimum Gasteiger partial charge on any atom is -0.468 e. The lowest BCUT2D eigenvalue weighted by molar-refractivity contribution is -0.141. The van der Waals surface area contributed by atoms with Gasteiger partial charge >= 0.3 is 12.1 Å². The van der Waals surface area contributed by atoms with Crippen LogP contribution in [-0.4, -0.2) is 44.5 Å². The number of methoxy groups -OCH3 is 1. The van der Waals surface area contributed by atoms with Crippen molar-refractivity contribution in [3.8, 4) is 23.0 Å². The molecule has 3 aromatic rings. The van der Waals surface area contributed by atoms with Crippen molar-refractivity contribution in [3.05, 3.63) is 48.9 Å². The Morgan fingerprint density at radius 1 is 1.10 bits per heavy atom. The highest BCUT2D eigenvalue weighted by molar-refractivity contribution is 5.85. The van der Waals surface area contributed by atoms with Gasteiger partial charge in [0.15, 0.2) is 0 Å². The van der Waals surface area contributed by atoms with Crippen LogP contribution in [0.2, 0.25) is 0 Å². The van der Waals surface area contributed by atoms with Gasteiger partial charge in [0.1, 0.15) is 29.9 Å². The number of hydrogen-bond donors (Lipinski definition) is 1. The lowest BCUT2D eigenvalue weighted by atomic mass is 10.2. The molecule has 1 aromatic carbocycles. The van der Waals surface area contributed by atoms with E-state index >= 15 is 0 Å². The van der Waals surface area contributed by atoms with Gasteiger partial charge in [0.05, 0.1) is 12.8 Å². The molecule has 10 heteroatoms. The molecule has 0 atom stereocenters. The SMILES string of the molecule is COC(=O)Cn1ccc(-c2cc(Oc3cccc(NC(=O)OC(C)(C)C)c3)ncn2)n1.